The first-order valence-electron chi connectivity index (χ1n) is 12.1. The summed E-state index contributed by atoms with van der Waals surface area (Å²) in [6.45, 7) is 12.9. The molecule has 35 heavy (non-hydrogen) atoms. The molecule has 0 unspecified atom stereocenters. The lowest BCUT2D eigenvalue weighted by molar-refractivity contribution is 0.0170. The van der Waals surface area contributed by atoms with Gasteiger partial charge < -0.3 is 29.1 Å². The minimum atomic E-state index is -0.491. The van der Waals surface area contributed by atoms with E-state index in [-0.39, 0.29) is 30.9 Å². The van der Waals surface area contributed by atoms with Crippen LogP contribution in [0.15, 0.2) is 18.3 Å². The highest BCUT2D eigenvalue weighted by Crippen LogP contribution is 2.24. The van der Waals surface area contributed by atoms with Gasteiger partial charge in [-0.3, -0.25) is 0 Å². The van der Waals surface area contributed by atoms with E-state index < -0.39 is 11.2 Å². The van der Waals surface area contributed by atoms with Crippen LogP contribution in [0.4, 0.5) is 9.59 Å². The van der Waals surface area contributed by atoms with Crippen molar-refractivity contribution < 1.29 is 28.9 Å². The second-order valence-electron chi connectivity index (χ2n) is 10.7. The number of carbonyl (C=O) groups is 2. The normalized spacial score (nSPS) is 20.2. The number of halogens is 1. The molecule has 0 spiro atoms. The molecule has 9 nitrogen and oxygen atoms in total. The molecule has 3 rings (SSSR count). The Hall–Kier alpha value is -2.26. The number of carbonyl (C=O) groups excluding carboxylic acids is 2. The molecule has 1 aromatic rings. The Balaban J connectivity index is 0.000000269. The Bertz CT molecular complexity index is 839. The largest absolute Gasteiger partial charge is 0.474 e. The topological polar surface area (TPSA) is 101 Å². The zero-order chi connectivity index (χ0) is 26.2. The maximum absolute atomic E-state index is 12.2. The summed E-state index contributed by atoms with van der Waals surface area (Å²) in [7, 11) is 0. The lowest BCUT2D eigenvalue weighted by Crippen LogP contribution is -2.42. The maximum Gasteiger partial charge on any atom is 0.410 e. The molecule has 0 aliphatic carbocycles. The summed E-state index contributed by atoms with van der Waals surface area (Å²) in [4.78, 5) is 31.2. The fourth-order valence-corrected chi connectivity index (χ4v) is 3.98. The highest BCUT2D eigenvalue weighted by Gasteiger charge is 2.33. The third-order valence-corrected chi connectivity index (χ3v) is 5.65. The van der Waals surface area contributed by atoms with Gasteiger partial charge in [0, 0.05) is 19.3 Å². The van der Waals surface area contributed by atoms with Crippen molar-refractivity contribution in [2.24, 2.45) is 0 Å². The van der Waals surface area contributed by atoms with Crippen molar-refractivity contribution >= 4 is 23.8 Å². The molecule has 2 aliphatic heterocycles. The van der Waals surface area contributed by atoms with Crippen LogP contribution < -0.4 is 4.74 Å². The SMILES string of the molecule is CC(C)(C)OC(=O)N1CCC[C@@H]1CO.CC(C)(C)OC(=O)N1CCC[C@@H]1COc1ncccc1Cl. The molecule has 198 valence electrons. The fourth-order valence-electron chi connectivity index (χ4n) is 3.81. The molecule has 10 heteroatoms. The number of hydrogen-bond donors (Lipinski definition) is 1. The van der Waals surface area contributed by atoms with Gasteiger partial charge in [0.25, 0.3) is 0 Å². The highest BCUT2D eigenvalue weighted by molar-refractivity contribution is 6.31. The first kappa shape index (κ1) is 29.0. The predicted molar refractivity (Wildman–Crippen MR) is 134 cm³/mol. The average molecular weight is 514 g/mol. The number of likely N-dealkylation sites (tertiary alicyclic amines) is 2. The van der Waals surface area contributed by atoms with Crippen molar-refractivity contribution in [3.63, 3.8) is 0 Å². The molecular formula is C25H40ClN3O6. The second kappa shape index (κ2) is 12.6. The van der Waals surface area contributed by atoms with Crippen LogP contribution in [0.3, 0.4) is 0 Å². The molecular weight excluding hydrogens is 474 g/mol. The molecule has 0 bridgehead atoms. The van der Waals surface area contributed by atoms with E-state index in [4.69, 9.17) is 30.9 Å². The van der Waals surface area contributed by atoms with E-state index >= 15 is 0 Å². The third-order valence-electron chi connectivity index (χ3n) is 5.36. The number of aliphatic hydroxyl groups excluding tert-OH is 1. The van der Waals surface area contributed by atoms with Crippen molar-refractivity contribution in [3.8, 4) is 5.88 Å². The molecule has 1 N–H and O–H groups in total. The van der Waals surface area contributed by atoms with Crippen LogP contribution in [0.25, 0.3) is 0 Å². The van der Waals surface area contributed by atoms with Gasteiger partial charge in [-0.1, -0.05) is 11.6 Å². The van der Waals surface area contributed by atoms with Gasteiger partial charge in [-0.15, -0.1) is 0 Å². The quantitative estimate of drug-likeness (QED) is 0.611. The molecule has 2 aliphatic rings. The number of aliphatic hydroxyl groups is 1. The lowest BCUT2D eigenvalue weighted by atomic mass is 10.2. The second-order valence-corrected chi connectivity index (χ2v) is 11.1. The molecule has 0 aromatic carbocycles. The summed E-state index contributed by atoms with van der Waals surface area (Å²) in [6, 6.07) is 3.42. The standard InChI is InChI=1S/C15H21ClN2O3.C10H19NO3/c1-15(2,3)21-14(19)18-9-5-6-11(18)10-20-13-12(16)7-4-8-17-13;1-10(2,3)14-9(13)11-6-4-5-8(11)7-12/h4,7-8,11H,5-6,9-10H2,1-3H3;8,12H,4-7H2,1-3H3/t11-;8-/m11/s1. The Morgan fingerprint density at radius 3 is 2.00 bits per heavy atom. The zero-order valence-electron chi connectivity index (χ0n) is 21.8. The first-order chi connectivity index (χ1) is 16.3. The van der Waals surface area contributed by atoms with E-state index in [1.54, 1.807) is 28.1 Å². The Labute approximate surface area is 213 Å². The summed E-state index contributed by atoms with van der Waals surface area (Å²) >= 11 is 6.00. The monoisotopic (exact) mass is 513 g/mol. The minimum absolute atomic E-state index is 0.00192. The molecule has 3 heterocycles. The molecule has 2 atom stereocenters. The average Bonchev–Trinajstić information content (AvgIpc) is 3.40. The Kier molecular flexibility index (Phi) is 10.5. The maximum atomic E-state index is 12.2. The summed E-state index contributed by atoms with van der Waals surface area (Å²) in [5.74, 6) is 0.398. The van der Waals surface area contributed by atoms with Gasteiger partial charge in [-0.2, -0.15) is 0 Å². The van der Waals surface area contributed by atoms with Crippen LogP contribution in [-0.4, -0.2) is 81.7 Å². The van der Waals surface area contributed by atoms with Crippen LogP contribution in [0.1, 0.15) is 67.2 Å². The van der Waals surface area contributed by atoms with Crippen LogP contribution in [0.2, 0.25) is 5.02 Å². The highest BCUT2D eigenvalue weighted by atomic mass is 35.5. The number of pyridine rings is 1. The summed E-state index contributed by atoms with van der Waals surface area (Å²) < 4.78 is 16.3. The van der Waals surface area contributed by atoms with Crippen molar-refractivity contribution in [1.29, 1.82) is 0 Å². The van der Waals surface area contributed by atoms with E-state index in [0.717, 1.165) is 25.7 Å². The smallest absolute Gasteiger partial charge is 0.410 e. The van der Waals surface area contributed by atoms with E-state index in [2.05, 4.69) is 4.98 Å². The van der Waals surface area contributed by atoms with Crippen LogP contribution in [0, 0.1) is 0 Å². The number of hydrogen-bond acceptors (Lipinski definition) is 7. The van der Waals surface area contributed by atoms with E-state index in [0.29, 0.717) is 30.6 Å². The van der Waals surface area contributed by atoms with Crippen LogP contribution in [-0.2, 0) is 9.47 Å². The number of rotatable bonds is 4. The van der Waals surface area contributed by atoms with Gasteiger partial charge in [-0.05, 0) is 79.4 Å². The van der Waals surface area contributed by atoms with Gasteiger partial charge in [0.05, 0.1) is 18.7 Å². The van der Waals surface area contributed by atoms with E-state index in [9.17, 15) is 9.59 Å². The van der Waals surface area contributed by atoms with Gasteiger partial charge in [-0.25, -0.2) is 14.6 Å². The van der Waals surface area contributed by atoms with Gasteiger partial charge in [0.2, 0.25) is 5.88 Å². The Morgan fingerprint density at radius 1 is 1.00 bits per heavy atom. The molecule has 2 fully saturated rings. The summed E-state index contributed by atoms with van der Waals surface area (Å²) in [5.41, 5.74) is -0.949. The molecule has 2 amide bonds. The van der Waals surface area contributed by atoms with Crippen LogP contribution >= 0.6 is 11.6 Å². The molecule has 2 saturated heterocycles. The van der Waals surface area contributed by atoms with Crippen molar-refractivity contribution in [2.45, 2.75) is 90.5 Å². The molecule has 1 aromatic heterocycles. The van der Waals surface area contributed by atoms with E-state index in [1.807, 2.05) is 41.5 Å². The van der Waals surface area contributed by atoms with Crippen molar-refractivity contribution in [2.75, 3.05) is 26.3 Å². The van der Waals surface area contributed by atoms with Crippen molar-refractivity contribution in [3.05, 3.63) is 23.4 Å². The zero-order valence-corrected chi connectivity index (χ0v) is 22.5. The number of aromatic nitrogens is 1. The number of nitrogens with zero attached hydrogens (tertiary/aromatic N) is 3. The summed E-state index contributed by atoms with van der Waals surface area (Å²) in [6.07, 6.45) is 4.68. The predicted octanol–water partition coefficient (Wildman–Crippen LogP) is 4.89. The van der Waals surface area contributed by atoms with Crippen LogP contribution in [0.5, 0.6) is 5.88 Å². The third kappa shape index (κ3) is 9.72. The summed E-state index contributed by atoms with van der Waals surface area (Å²) in [5, 5.41) is 9.51. The fraction of sp³-hybridized carbons (Fsp3) is 0.720. The molecule has 0 radical (unpaired) electrons. The van der Waals surface area contributed by atoms with Gasteiger partial charge in [0.15, 0.2) is 0 Å². The molecule has 0 saturated carbocycles. The Morgan fingerprint density at radius 2 is 1.51 bits per heavy atom. The first-order valence-corrected chi connectivity index (χ1v) is 12.5. The minimum Gasteiger partial charge on any atom is -0.474 e. The van der Waals surface area contributed by atoms with Gasteiger partial charge in [0.1, 0.15) is 22.8 Å². The van der Waals surface area contributed by atoms with Crippen molar-refractivity contribution in [1.82, 2.24) is 14.8 Å². The van der Waals surface area contributed by atoms with Gasteiger partial charge >= 0.3 is 12.2 Å². The van der Waals surface area contributed by atoms with E-state index in [1.165, 1.54) is 0 Å². The number of amides is 2. The number of ether oxygens (including phenoxy) is 3. The lowest BCUT2D eigenvalue weighted by Gasteiger charge is -2.28.